The first-order valence-corrected chi connectivity index (χ1v) is 16.3. The second-order valence-corrected chi connectivity index (χ2v) is 14.5. The van der Waals surface area contributed by atoms with E-state index in [1.54, 1.807) is 0 Å². The molecule has 0 radical (unpaired) electrons. The van der Waals surface area contributed by atoms with Crippen LogP contribution in [-0.4, -0.2) is 86.0 Å². The van der Waals surface area contributed by atoms with Gasteiger partial charge in [0.15, 0.2) is 0 Å². The first-order chi connectivity index (χ1) is 19.2. The molecular weight excluding hydrogens is 528 g/mol. The Hall–Kier alpha value is -2.89. The molecule has 4 bridgehead atoms. The van der Waals surface area contributed by atoms with Gasteiger partial charge in [-0.15, -0.1) is 0 Å². The Bertz CT molecular complexity index is 1380. The average Bonchev–Trinajstić information content (AvgIpc) is 2.93. The molecule has 3 heterocycles. The summed E-state index contributed by atoms with van der Waals surface area (Å²) in [6, 6.07) is 12.2. The van der Waals surface area contributed by atoms with Gasteiger partial charge in [-0.3, -0.25) is 4.90 Å². The van der Waals surface area contributed by atoms with Gasteiger partial charge in [0.25, 0.3) is 0 Å². The maximum absolute atomic E-state index is 13.7. The fourth-order valence-corrected chi connectivity index (χ4v) is 9.08. The van der Waals surface area contributed by atoms with Crippen molar-refractivity contribution in [1.82, 2.24) is 14.6 Å². The number of rotatable bonds is 4. The van der Waals surface area contributed by atoms with Crippen molar-refractivity contribution in [2.45, 2.75) is 43.7 Å². The molecule has 0 spiro atoms. The van der Waals surface area contributed by atoms with E-state index in [9.17, 15) is 18.3 Å². The number of para-hydroxylation sites is 2. The fourth-order valence-electron chi connectivity index (χ4n) is 8.25. The lowest BCUT2D eigenvalue weighted by molar-refractivity contribution is -0.136. The van der Waals surface area contributed by atoms with E-state index in [-0.39, 0.29) is 12.1 Å². The SMILES string of the molecule is CS(=O)(=O)N1CCN(c2ccc(N3CCN(C(=O)NC4C5CC6CC4CC(O)(C6)C5)c4ccccc43)cn2)CC1. The summed E-state index contributed by atoms with van der Waals surface area (Å²) in [7, 11) is -3.17. The van der Waals surface area contributed by atoms with Crippen LogP contribution in [0.2, 0.25) is 0 Å². The molecule has 214 valence electrons. The average molecular weight is 567 g/mol. The van der Waals surface area contributed by atoms with Crippen LogP contribution in [0.15, 0.2) is 42.6 Å². The summed E-state index contributed by atoms with van der Waals surface area (Å²) in [5.41, 5.74) is 2.30. The van der Waals surface area contributed by atoms with E-state index in [0.29, 0.717) is 57.0 Å². The topological polar surface area (TPSA) is 109 Å². The molecule has 11 heteroatoms. The van der Waals surface area contributed by atoms with Gasteiger partial charge in [-0.1, -0.05) is 12.1 Å². The smallest absolute Gasteiger partial charge is 0.322 e. The highest BCUT2D eigenvalue weighted by Gasteiger charge is 2.55. The lowest BCUT2D eigenvalue weighted by Crippen LogP contribution is -2.63. The quantitative estimate of drug-likeness (QED) is 0.586. The first-order valence-electron chi connectivity index (χ1n) is 14.5. The molecule has 2 aliphatic heterocycles. The van der Waals surface area contributed by atoms with Gasteiger partial charge in [0, 0.05) is 45.3 Å². The van der Waals surface area contributed by atoms with Crippen LogP contribution in [0.1, 0.15) is 32.1 Å². The van der Waals surface area contributed by atoms with Gasteiger partial charge in [0.05, 0.1) is 35.1 Å². The molecule has 40 heavy (non-hydrogen) atoms. The number of hydrogen-bond acceptors (Lipinski definition) is 7. The number of amides is 2. The summed E-state index contributed by atoms with van der Waals surface area (Å²) >= 11 is 0. The number of hydrogen-bond donors (Lipinski definition) is 2. The minimum absolute atomic E-state index is 0.0433. The lowest BCUT2D eigenvalue weighted by Gasteiger charge is -2.58. The van der Waals surface area contributed by atoms with Gasteiger partial charge in [0.1, 0.15) is 5.82 Å². The van der Waals surface area contributed by atoms with Gasteiger partial charge >= 0.3 is 6.03 Å². The predicted molar refractivity (Wildman–Crippen MR) is 154 cm³/mol. The van der Waals surface area contributed by atoms with E-state index in [4.69, 9.17) is 4.98 Å². The monoisotopic (exact) mass is 566 g/mol. The molecule has 2 N–H and O–H groups in total. The van der Waals surface area contributed by atoms with Crippen molar-refractivity contribution in [3.63, 3.8) is 0 Å². The van der Waals surface area contributed by atoms with Crippen LogP contribution in [-0.2, 0) is 10.0 Å². The molecule has 2 aromatic rings. The van der Waals surface area contributed by atoms with E-state index in [0.717, 1.165) is 55.0 Å². The van der Waals surface area contributed by atoms with Crippen LogP contribution in [0.25, 0.3) is 0 Å². The van der Waals surface area contributed by atoms with Crippen LogP contribution in [0.4, 0.5) is 27.7 Å². The minimum Gasteiger partial charge on any atom is -0.390 e. The number of benzene rings is 1. The summed E-state index contributed by atoms with van der Waals surface area (Å²) in [4.78, 5) is 24.6. The summed E-state index contributed by atoms with van der Waals surface area (Å²) in [5.74, 6) is 2.19. The predicted octanol–water partition coefficient (Wildman–Crippen LogP) is 2.77. The van der Waals surface area contributed by atoms with Crippen LogP contribution in [0.5, 0.6) is 0 Å². The summed E-state index contributed by atoms with van der Waals surface area (Å²) in [6.07, 6.45) is 7.91. The van der Waals surface area contributed by atoms with Gasteiger partial charge < -0.3 is 20.2 Å². The van der Waals surface area contributed by atoms with Crippen LogP contribution in [0.3, 0.4) is 0 Å². The van der Waals surface area contributed by atoms with E-state index in [1.165, 1.54) is 10.6 Å². The van der Waals surface area contributed by atoms with Gasteiger partial charge in [-0.25, -0.2) is 18.2 Å². The van der Waals surface area contributed by atoms with Crippen molar-refractivity contribution in [2.24, 2.45) is 17.8 Å². The maximum atomic E-state index is 13.7. The van der Waals surface area contributed by atoms with Gasteiger partial charge in [-0.05, 0) is 74.1 Å². The number of nitrogens with zero attached hydrogens (tertiary/aromatic N) is 5. The van der Waals surface area contributed by atoms with Crippen molar-refractivity contribution in [1.29, 1.82) is 0 Å². The molecule has 4 saturated carbocycles. The fraction of sp³-hybridized carbons (Fsp3) is 0.586. The van der Waals surface area contributed by atoms with Crippen molar-refractivity contribution in [2.75, 3.05) is 60.2 Å². The third-order valence-electron chi connectivity index (χ3n) is 9.86. The molecule has 1 aromatic heterocycles. The molecular formula is C29H38N6O4S. The summed E-state index contributed by atoms with van der Waals surface area (Å²) in [6.45, 7) is 3.36. The molecule has 2 amide bonds. The zero-order chi connectivity index (χ0) is 27.6. The normalized spacial score (nSPS) is 31.8. The lowest BCUT2D eigenvalue weighted by atomic mass is 9.52. The number of carbonyl (C=O) groups excluding carboxylic acids is 1. The zero-order valence-electron chi connectivity index (χ0n) is 22.9. The van der Waals surface area contributed by atoms with Crippen molar-refractivity contribution >= 4 is 38.9 Å². The number of carbonyl (C=O) groups is 1. The van der Waals surface area contributed by atoms with E-state index < -0.39 is 15.6 Å². The maximum Gasteiger partial charge on any atom is 0.322 e. The first kappa shape index (κ1) is 26.0. The third kappa shape index (κ3) is 4.61. The van der Waals surface area contributed by atoms with Crippen molar-refractivity contribution in [3.05, 3.63) is 42.6 Å². The number of aliphatic hydroxyl groups is 1. The van der Waals surface area contributed by atoms with E-state index in [2.05, 4.69) is 21.2 Å². The third-order valence-corrected chi connectivity index (χ3v) is 11.2. The second kappa shape index (κ2) is 9.60. The Morgan fingerprint density at radius 2 is 1.65 bits per heavy atom. The van der Waals surface area contributed by atoms with E-state index in [1.807, 2.05) is 41.4 Å². The van der Waals surface area contributed by atoms with Gasteiger partial charge in [-0.2, -0.15) is 4.31 Å². The number of pyridine rings is 1. The Balaban J connectivity index is 1.05. The molecule has 5 fully saturated rings. The minimum atomic E-state index is -3.17. The van der Waals surface area contributed by atoms with Crippen LogP contribution >= 0.6 is 0 Å². The zero-order valence-corrected chi connectivity index (χ0v) is 23.8. The molecule has 10 nitrogen and oxygen atoms in total. The number of fused-ring (bicyclic) bond motifs is 1. The standard InChI is InChI=1S/C29H38N6O4S/c1-40(38,39)33-10-8-32(9-11-33)26-7-6-23(19-30-26)34-12-13-35(25-5-3-2-4-24(25)34)28(36)31-27-21-14-20-15-22(27)18-29(37,16-20)17-21/h2-7,19-22,27,37H,8-18H2,1H3,(H,31,36). The largest absolute Gasteiger partial charge is 0.390 e. The number of anilines is 4. The van der Waals surface area contributed by atoms with Crippen molar-refractivity contribution < 1.29 is 18.3 Å². The Kier molecular flexibility index (Phi) is 6.25. The number of aromatic nitrogens is 1. The molecule has 1 aromatic carbocycles. The highest BCUT2D eigenvalue weighted by Crippen LogP contribution is 2.55. The van der Waals surface area contributed by atoms with Crippen molar-refractivity contribution in [3.8, 4) is 0 Å². The highest BCUT2D eigenvalue weighted by atomic mass is 32.2. The molecule has 2 unspecified atom stereocenters. The Morgan fingerprint density at radius 3 is 2.27 bits per heavy atom. The summed E-state index contributed by atoms with van der Waals surface area (Å²) < 4.78 is 25.2. The van der Waals surface area contributed by atoms with Gasteiger partial charge in [0.2, 0.25) is 10.0 Å². The van der Waals surface area contributed by atoms with Crippen LogP contribution < -0.4 is 20.0 Å². The number of urea groups is 1. The van der Waals surface area contributed by atoms with E-state index >= 15 is 0 Å². The Labute approximate surface area is 236 Å². The second-order valence-electron chi connectivity index (χ2n) is 12.5. The van der Waals surface area contributed by atoms with Crippen LogP contribution in [0, 0.1) is 17.8 Å². The highest BCUT2D eigenvalue weighted by molar-refractivity contribution is 7.88. The molecule has 2 atom stereocenters. The number of piperazine rings is 1. The molecule has 8 rings (SSSR count). The molecule has 6 aliphatic rings. The number of nitrogens with one attached hydrogen (secondary N) is 1. The summed E-state index contributed by atoms with van der Waals surface area (Å²) in [5, 5.41) is 14.3. The Morgan fingerprint density at radius 1 is 0.950 bits per heavy atom. The molecule has 1 saturated heterocycles. The number of sulfonamides is 1. The molecule has 4 aliphatic carbocycles.